The van der Waals surface area contributed by atoms with Crippen molar-refractivity contribution in [1.29, 1.82) is 0 Å². The number of amides is 2. The first kappa shape index (κ1) is 19.1. The summed E-state index contributed by atoms with van der Waals surface area (Å²) in [4.78, 5) is 38.7. The largest absolute Gasteiger partial charge is 0.345 e. The van der Waals surface area contributed by atoms with Crippen LogP contribution in [0.1, 0.15) is 43.5 Å². The second-order valence-corrected chi connectivity index (χ2v) is 7.00. The van der Waals surface area contributed by atoms with E-state index in [1.165, 1.54) is 0 Å². The Morgan fingerprint density at radius 2 is 1.96 bits per heavy atom. The number of nitrogens with one attached hydrogen (secondary N) is 1. The molecule has 1 aliphatic rings. The summed E-state index contributed by atoms with van der Waals surface area (Å²) in [7, 11) is 0. The van der Waals surface area contributed by atoms with Gasteiger partial charge in [0.1, 0.15) is 0 Å². The van der Waals surface area contributed by atoms with Gasteiger partial charge in [-0.2, -0.15) is 0 Å². The van der Waals surface area contributed by atoms with Crippen molar-refractivity contribution in [1.82, 2.24) is 10.2 Å². The minimum atomic E-state index is -0.613. The maximum absolute atomic E-state index is 12.5. The Kier molecular flexibility index (Phi) is 6.70. The Balaban J connectivity index is 1.97. The fourth-order valence-electron chi connectivity index (χ4n) is 3.01. The molecular formula is C19H27N3O3. The molecule has 6 heteroatoms. The van der Waals surface area contributed by atoms with Gasteiger partial charge < -0.3 is 16.0 Å². The number of nitrogens with two attached hydrogens (primary N) is 1. The molecule has 0 saturated carbocycles. The Bertz CT molecular complexity index is 616. The number of hydrogen-bond donors (Lipinski definition) is 2. The van der Waals surface area contributed by atoms with E-state index in [0.717, 1.165) is 0 Å². The smallest absolute Gasteiger partial charge is 0.254 e. The van der Waals surface area contributed by atoms with E-state index < -0.39 is 12.1 Å². The highest BCUT2D eigenvalue weighted by atomic mass is 16.2. The van der Waals surface area contributed by atoms with E-state index in [0.29, 0.717) is 37.3 Å². The van der Waals surface area contributed by atoms with Crippen LogP contribution in [-0.4, -0.2) is 47.7 Å². The summed E-state index contributed by atoms with van der Waals surface area (Å²) in [6.07, 6.45) is 1.76. The zero-order valence-electron chi connectivity index (χ0n) is 14.9. The summed E-state index contributed by atoms with van der Waals surface area (Å²) in [6, 6.07) is 7.73. The Morgan fingerprint density at radius 1 is 1.28 bits per heavy atom. The Morgan fingerprint density at radius 3 is 2.60 bits per heavy atom. The third-order valence-corrected chi connectivity index (χ3v) is 4.34. The van der Waals surface area contributed by atoms with Crippen molar-refractivity contribution in [3.05, 3.63) is 35.9 Å². The molecule has 3 N–H and O–H groups in total. The summed E-state index contributed by atoms with van der Waals surface area (Å²) in [6.45, 7) is 4.51. The summed E-state index contributed by atoms with van der Waals surface area (Å²) in [5, 5.41) is 2.76. The van der Waals surface area contributed by atoms with Crippen molar-refractivity contribution < 1.29 is 14.4 Å². The molecule has 1 unspecified atom stereocenters. The van der Waals surface area contributed by atoms with E-state index in [-0.39, 0.29) is 24.1 Å². The lowest BCUT2D eigenvalue weighted by molar-refractivity contribution is -0.128. The first-order chi connectivity index (χ1) is 11.9. The van der Waals surface area contributed by atoms with E-state index in [2.05, 4.69) is 5.32 Å². The van der Waals surface area contributed by atoms with Crippen LogP contribution in [-0.2, 0) is 9.59 Å². The van der Waals surface area contributed by atoms with Crippen LogP contribution in [0.3, 0.4) is 0 Å². The number of Topliss-reactive ketones (excluding diaryl/α,β-unsaturated/α-hetero) is 1. The monoisotopic (exact) mass is 345 g/mol. The van der Waals surface area contributed by atoms with Gasteiger partial charge in [-0.3, -0.25) is 14.4 Å². The standard InChI is InChI=1S/C19H27N3O3/c1-13(2)11-15(20)18(24)21-16-9-6-10-22(12-17(16)23)19(25)14-7-4-3-5-8-14/h3-5,7-8,13,15-16H,6,9-12,20H2,1-2H3,(H,21,24)/t15-,16?/m0/s1. The van der Waals surface area contributed by atoms with Gasteiger partial charge in [0.05, 0.1) is 18.6 Å². The zero-order valence-corrected chi connectivity index (χ0v) is 14.9. The van der Waals surface area contributed by atoms with Gasteiger partial charge in [-0.1, -0.05) is 32.0 Å². The first-order valence-electron chi connectivity index (χ1n) is 8.81. The molecule has 6 nitrogen and oxygen atoms in total. The molecular weight excluding hydrogens is 318 g/mol. The average Bonchev–Trinajstić information content (AvgIpc) is 2.76. The summed E-state index contributed by atoms with van der Waals surface area (Å²) >= 11 is 0. The first-order valence-corrected chi connectivity index (χ1v) is 8.81. The van der Waals surface area contributed by atoms with Gasteiger partial charge in [0.25, 0.3) is 5.91 Å². The SMILES string of the molecule is CC(C)C[C@H](N)C(=O)NC1CCCN(C(=O)c2ccccc2)CC1=O. The fraction of sp³-hybridized carbons (Fsp3) is 0.526. The Labute approximate surface area is 148 Å². The molecule has 25 heavy (non-hydrogen) atoms. The van der Waals surface area contributed by atoms with Gasteiger partial charge in [-0.15, -0.1) is 0 Å². The molecule has 2 atom stereocenters. The van der Waals surface area contributed by atoms with Crippen molar-refractivity contribution in [2.45, 2.75) is 45.2 Å². The molecule has 0 bridgehead atoms. The predicted molar refractivity (Wildman–Crippen MR) is 95.9 cm³/mol. The number of rotatable bonds is 5. The lowest BCUT2D eigenvalue weighted by atomic mass is 10.0. The topological polar surface area (TPSA) is 92.5 Å². The van der Waals surface area contributed by atoms with Crippen LogP contribution in [0, 0.1) is 5.92 Å². The molecule has 1 saturated heterocycles. The second kappa shape index (κ2) is 8.76. The third kappa shape index (κ3) is 5.39. The fourth-order valence-corrected chi connectivity index (χ4v) is 3.01. The molecule has 1 aromatic carbocycles. The molecule has 136 valence electrons. The molecule has 0 spiro atoms. The van der Waals surface area contributed by atoms with E-state index in [4.69, 9.17) is 5.73 Å². The molecule has 0 aromatic heterocycles. The van der Waals surface area contributed by atoms with Gasteiger partial charge >= 0.3 is 0 Å². The van der Waals surface area contributed by atoms with Gasteiger partial charge in [-0.05, 0) is 37.3 Å². The van der Waals surface area contributed by atoms with Crippen molar-refractivity contribution in [3.63, 3.8) is 0 Å². The maximum Gasteiger partial charge on any atom is 0.254 e. The molecule has 1 aliphatic heterocycles. The van der Waals surface area contributed by atoms with E-state index in [1.54, 1.807) is 29.2 Å². The minimum Gasteiger partial charge on any atom is -0.345 e. The van der Waals surface area contributed by atoms with Crippen LogP contribution in [0.15, 0.2) is 30.3 Å². The summed E-state index contributed by atoms with van der Waals surface area (Å²) < 4.78 is 0. The number of carbonyl (C=O) groups excluding carboxylic acids is 3. The Hall–Kier alpha value is -2.21. The molecule has 0 aliphatic carbocycles. The molecule has 1 fully saturated rings. The van der Waals surface area contributed by atoms with Crippen LogP contribution >= 0.6 is 0 Å². The number of likely N-dealkylation sites (tertiary alicyclic amines) is 1. The van der Waals surface area contributed by atoms with Gasteiger partial charge in [0.2, 0.25) is 5.91 Å². The van der Waals surface area contributed by atoms with Crippen LogP contribution in [0.2, 0.25) is 0 Å². The lowest BCUT2D eigenvalue weighted by Crippen LogP contribution is -2.50. The lowest BCUT2D eigenvalue weighted by Gasteiger charge is -2.21. The maximum atomic E-state index is 12.5. The number of carbonyl (C=O) groups is 3. The van der Waals surface area contributed by atoms with Crippen LogP contribution in [0.5, 0.6) is 0 Å². The second-order valence-electron chi connectivity index (χ2n) is 7.00. The van der Waals surface area contributed by atoms with Crippen LogP contribution in [0.25, 0.3) is 0 Å². The summed E-state index contributed by atoms with van der Waals surface area (Å²) in [5.41, 5.74) is 6.45. The molecule has 1 aromatic rings. The quantitative estimate of drug-likeness (QED) is 0.842. The molecule has 0 radical (unpaired) electrons. The highest BCUT2D eigenvalue weighted by Crippen LogP contribution is 2.13. The van der Waals surface area contributed by atoms with E-state index >= 15 is 0 Å². The van der Waals surface area contributed by atoms with Gasteiger partial charge in [-0.25, -0.2) is 0 Å². The highest BCUT2D eigenvalue weighted by Gasteiger charge is 2.29. The number of benzene rings is 1. The van der Waals surface area contributed by atoms with Gasteiger partial charge in [0, 0.05) is 12.1 Å². The van der Waals surface area contributed by atoms with Crippen LogP contribution < -0.4 is 11.1 Å². The van der Waals surface area contributed by atoms with Crippen molar-refractivity contribution in [2.75, 3.05) is 13.1 Å². The predicted octanol–water partition coefficient (Wildman–Crippen LogP) is 1.35. The average molecular weight is 345 g/mol. The number of hydrogen-bond acceptors (Lipinski definition) is 4. The number of nitrogens with zero attached hydrogens (tertiary/aromatic N) is 1. The zero-order chi connectivity index (χ0) is 18.4. The third-order valence-electron chi connectivity index (χ3n) is 4.34. The molecule has 1 heterocycles. The van der Waals surface area contributed by atoms with Crippen LogP contribution in [0.4, 0.5) is 0 Å². The number of ketones is 1. The molecule has 2 amide bonds. The van der Waals surface area contributed by atoms with Crippen molar-refractivity contribution >= 4 is 17.6 Å². The summed E-state index contributed by atoms with van der Waals surface area (Å²) in [5.74, 6) is -0.288. The van der Waals surface area contributed by atoms with E-state index in [1.807, 2.05) is 19.9 Å². The normalized spacial score (nSPS) is 19.4. The van der Waals surface area contributed by atoms with Crippen molar-refractivity contribution in [2.24, 2.45) is 11.7 Å². The van der Waals surface area contributed by atoms with Gasteiger partial charge in [0.15, 0.2) is 5.78 Å². The highest BCUT2D eigenvalue weighted by molar-refractivity contribution is 5.99. The minimum absolute atomic E-state index is 0.0120. The van der Waals surface area contributed by atoms with Crippen molar-refractivity contribution in [3.8, 4) is 0 Å². The van der Waals surface area contributed by atoms with E-state index in [9.17, 15) is 14.4 Å². The molecule has 2 rings (SSSR count).